The van der Waals surface area contributed by atoms with Crippen molar-refractivity contribution < 1.29 is 9.13 Å². The van der Waals surface area contributed by atoms with Gasteiger partial charge in [-0.25, -0.2) is 4.39 Å². The molecule has 0 spiro atoms. The second kappa shape index (κ2) is 6.39. The molecule has 0 fully saturated rings. The van der Waals surface area contributed by atoms with Crippen molar-refractivity contribution in [2.24, 2.45) is 5.73 Å². The van der Waals surface area contributed by atoms with E-state index in [2.05, 4.69) is 0 Å². The highest BCUT2D eigenvalue weighted by Gasteiger charge is 2.09. The molecule has 0 aliphatic carbocycles. The summed E-state index contributed by atoms with van der Waals surface area (Å²) in [6, 6.07) is 9.29. The molecule has 0 radical (unpaired) electrons. The molecule has 0 bridgehead atoms. The van der Waals surface area contributed by atoms with E-state index in [1.807, 2.05) is 0 Å². The van der Waals surface area contributed by atoms with Crippen molar-refractivity contribution in [1.29, 1.82) is 0 Å². The van der Waals surface area contributed by atoms with Crippen molar-refractivity contribution in [2.45, 2.75) is 6.61 Å². The summed E-state index contributed by atoms with van der Waals surface area (Å²) in [4.78, 5) is 0.188. The zero-order valence-electron chi connectivity index (χ0n) is 10.2. The molecule has 0 heterocycles. The van der Waals surface area contributed by atoms with Gasteiger partial charge in [-0.1, -0.05) is 41.5 Å². The average molecular weight is 330 g/mol. The lowest BCUT2D eigenvalue weighted by molar-refractivity contribution is 0.299. The van der Waals surface area contributed by atoms with Gasteiger partial charge in [0.1, 0.15) is 23.2 Å². The SMILES string of the molecule is NC(=S)c1ccc(Cl)cc1OCc1ccc(Cl)cc1F. The molecule has 0 unspecified atom stereocenters. The molecule has 0 aliphatic rings. The average Bonchev–Trinajstić information content (AvgIpc) is 2.37. The first kappa shape index (κ1) is 15.0. The van der Waals surface area contributed by atoms with E-state index in [0.29, 0.717) is 26.9 Å². The highest BCUT2D eigenvalue weighted by atomic mass is 35.5. The van der Waals surface area contributed by atoms with Crippen molar-refractivity contribution in [1.82, 2.24) is 0 Å². The first-order chi connectivity index (χ1) is 9.47. The van der Waals surface area contributed by atoms with E-state index in [1.54, 1.807) is 30.3 Å². The van der Waals surface area contributed by atoms with Crippen LogP contribution in [0.1, 0.15) is 11.1 Å². The molecular weight excluding hydrogens is 320 g/mol. The summed E-state index contributed by atoms with van der Waals surface area (Å²) in [6.07, 6.45) is 0. The van der Waals surface area contributed by atoms with E-state index in [-0.39, 0.29) is 11.6 Å². The topological polar surface area (TPSA) is 35.2 Å². The summed E-state index contributed by atoms with van der Waals surface area (Å²) in [6.45, 7) is 0.0267. The first-order valence-electron chi connectivity index (χ1n) is 5.63. The fourth-order valence-electron chi connectivity index (χ4n) is 1.61. The van der Waals surface area contributed by atoms with Gasteiger partial charge >= 0.3 is 0 Å². The molecule has 20 heavy (non-hydrogen) atoms. The number of thiocarbonyl (C=S) groups is 1. The maximum atomic E-state index is 13.7. The minimum Gasteiger partial charge on any atom is -0.488 e. The number of hydrogen-bond donors (Lipinski definition) is 1. The number of halogens is 3. The molecule has 104 valence electrons. The van der Waals surface area contributed by atoms with Crippen LogP contribution in [-0.4, -0.2) is 4.99 Å². The molecule has 2 N–H and O–H groups in total. The molecule has 6 heteroatoms. The van der Waals surface area contributed by atoms with E-state index in [4.69, 9.17) is 45.9 Å². The summed E-state index contributed by atoms with van der Waals surface area (Å²) in [5, 5.41) is 0.814. The van der Waals surface area contributed by atoms with Crippen molar-refractivity contribution in [3.8, 4) is 5.75 Å². The number of benzene rings is 2. The minimum atomic E-state index is -0.434. The third kappa shape index (κ3) is 3.60. The van der Waals surface area contributed by atoms with Gasteiger partial charge in [-0.15, -0.1) is 0 Å². The maximum Gasteiger partial charge on any atom is 0.131 e. The van der Waals surface area contributed by atoms with Gasteiger partial charge in [-0.05, 0) is 30.3 Å². The lowest BCUT2D eigenvalue weighted by atomic mass is 10.2. The highest BCUT2D eigenvalue weighted by Crippen LogP contribution is 2.25. The molecule has 0 saturated carbocycles. The predicted molar refractivity (Wildman–Crippen MR) is 83.1 cm³/mol. The van der Waals surface area contributed by atoms with Crippen LogP contribution in [0.25, 0.3) is 0 Å². The second-order valence-electron chi connectivity index (χ2n) is 4.03. The summed E-state index contributed by atoms with van der Waals surface area (Å²) >= 11 is 16.5. The maximum absolute atomic E-state index is 13.7. The molecule has 0 aromatic heterocycles. The summed E-state index contributed by atoms with van der Waals surface area (Å²) in [5.41, 5.74) is 6.53. The predicted octanol–water partition coefficient (Wildman–Crippen LogP) is 4.35. The summed E-state index contributed by atoms with van der Waals surface area (Å²) in [5.74, 6) is -0.0178. The first-order valence-corrected chi connectivity index (χ1v) is 6.80. The largest absolute Gasteiger partial charge is 0.488 e. The zero-order chi connectivity index (χ0) is 14.7. The second-order valence-corrected chi connectivity index (χ2v) is 5.34. The van der Waals surface area contributed by atoms with Gasteiger partial charge in [0, 0.05) is 15.6 Å². The van der Waals surface area contributed by atoms with Crippen molar-refractivity contribution in [3.05, 3.63) is 63.4 Å². The van der Waals surface area contributed by atoms with Crippen molar-refractivity contribution in [2.75, 3.05) is 0 Å². The van der Waals surface area contributed by atoms with E-state index in [9.17, 15) is 4.39 Å². The Bertz CT molecular complexity index is 664. The normalized spacial score (nSPS) is 10.3. The van der Waals surface area contributed by atoms with Crippen LogP contribution in [0.3, 0.4) is 0 Å². The Morgan fingerprint density at radius 3 is 2.45 bits per heavy atom. The fraction of sp³-hybridized carbons (Fsp3) is 0.0714. The fourth-order valence-corrected chi connectivity index (χ4v) is 2.10. The Kier molecular flexibility index (Phi) is 4.81. The highest BCUT2D eigenvalue weighted by molar-refractivity contribution is 7.80. The van der Waals surface area contributed by atoms with Gasteiger partial charge in [-0.2, -0.15) is 0 Å². The van der Waals surface area contributed by atoms with E-state index < -0.39 is 5.82 Å². The van der Waals surface area contributed by atoms with Crippen LogP contribution in [-0.2, 0) is 6.61 Å². The Morgan fingerprint density at radius 2 is 1.80 bits per heavy atom. The molecule has 2 aromatic rings. The Balaban J connectivity index is 2.22. The number of hydrogen-bond acceptors (Lipinski definition) is 2. The molecule has 2 aromatic carbocycles. The number of ether oxygens (including phenoxy) is 1. The van der Waals surface area contributed by atoms with Crippen LogP contribution in [0, 0.1) is 5.82 Å². The van der Waals surface area contributed by atoms with Gasteiger partial charge < -0.3 is 10.5 Å². The summed E-state index contributed by atoms with van der Waals surface area (Å²) < 4.78 is 19.2. The molecular formula is C14H10Cl2FNOS. The Hall–Kier alpha value is -1.36. The van der Waals surface area contributed by atoms with Gasteiger partial charge in [0.2, 0.25) is 0 Å². The lowest BCUT2D eigenvalue weighted by Crippen LogP contribution is -2.12. The van der Waals surface area contributed by atoms with Gasteiger partial charge in [0.05, 0.1) is 5.56 Å². The summed E-state index contributed by atoms with van der Waals surface area (Å²) in [7, 11) is 0. The molecule has 2 nitrogen and oxygen atoms in total. The standard InChI is InChI=1S/C14H10Cl2FNOS/c15-9-2-1-8(12(17)5-9)7-19-13-6-10(16)3-4-11(13)14(18)20/h1-6H,7H2,(H2,18,20). The lowest BCUT2D eigenvalue weighted by Gasteiger charge is -2.11. The Labute approximate surface area is 131 Å². The monoisotopic (exact) mass is 329 g/mol. The smallest absolute Gasteiger partial charge is 0.131 e. The molecule has 2 rings (SSSR count). The molecule has 0 amide bonds. The van der Waals surface area contributed by atoms with Crippen LogP contribution in [0.4, 0.5) is 4.39 Å². The van der Waals surface area contributed by atoms with Crippen LogP contribution in [0.5, 0.6) is 5.75 Å². The van der Waals surface area contributed by atoms with E-state index >= 15 is 0 Å². The van der Waals surface area contributed by atoms with Crippen LogP contribution < -0.4 is 10.5 Å². The third-order valence-corrected chi connectivity index (χ3v) is 3.30. The molecule has 0 atom stereocenters. The van der Waals surface area contributed by atoms with Gasteiger partial charge in [-0.3, -0.25) is 0 Å². The van der Waals surface area contributed by atoms with Crippen LogP contribution in [0.15, 0.2) is 36.4 Å². The quantitative estimate of drug-likeness (QED) is 0.847. The zero-order valence-corrected chi connectivity index (χ0v) is 12.5. The van der Waals surface area contributed by atoms with Crippen LogP contribution >= 0.6 is 35.4 Å². The van der Waals surface area contributed by atoms with Crippen molar-refractivity contribution in [3.63, 3.8) is 0 Å². The van der Waals surface area contributed by atoms with Crippen LogP contribution in [0.2, 0.25) is 10.0 Å². The minimum absolute atomic E-state index is 0.0267. The van der Waals surface area contributed by atoms with Gasteiger partial charge in [0.25, 0.3) is 0 Å². The Morgan fingerprint density at radius 1 is 1.15 bits per heavy atom. The van der Waals surface area contributed by atoms with Crippen molar-refractivity contribution >= 4 is 40.4 Å². The molecule has 0 saturated heterocycles. The number of rotatable bonds is 4. The van der Waals surface area contributed by atoms with Gasteiger partial charge in [0.15, 0.2) is 0 Å². The van der Waals surface area contributed by atoms with E-state index in [0.717, 1.165) is 0 Å². The molecule has 0 aliphatic heterocycles. The van der Waals surface area contributed by atoms with E-state index in [1.165, 1.54) is 6.07 Å². The number of nitrogens with two attached hydrogens (primary N) is 1. The third-order valence-electron chi connectivity index (χ3n) is 2.61.